The van der Waals surface area contributed by atoms with E-state index in [2.05, 4.69) is 0 Å². The topological polar surface area (TPSA) is 74.6 Å². The number of hydrogen-bond acceptors (Lipinski definition) is 2. The van der Waals surface area contributed by atoms with Crippen LogP contribution in [0, 0.1) is 17.3 Å². The second-order valence-corrected chi connectivity index (χ2v) is 3.98. The Hall–Kier alpha value is -1.39. The Morgan fingerprint density at radius 2 is 1.86 bits per heavy atom. The summed E-state index contributed by atoms with van der Waals surface area (Å²) in [7, 11) is 0. The fourth-order valence-corrected chi connectivity index (χ4v) is 1.69. The van der Waals surface area contributed by atoms with Gasteiger partial charge < -0.3 is 10.2 Å². The molecule has 0 saturated heterocycles. The summed E-state index contributed by atoms with van der Waals surface area (Å²) >= 11 is 0. The van der Waals surface area contributed by atoms with Gasteiger partial charge in [0.1, 0.15) is 0 Å². The summed E-state index contributed by atoms with van der Waals surface area (Å²) in [6.07, 6.45) is 0.876. The van der Waals surface area contributed by atoms with Gasteiger partial charge in [-0.15, -0.1) is 0 Å². The second-order valence-electron chi connectivity index (χ2n) is 3.98. The highest BCUT2D eigenvalue weighted by atomic mass is 19.1. The smallest absolute Gasteiger partial charge is 0.364 e. The Labute approximate surface area is 80.0 Å². The van der Waals surface area contributed by atoms with E-state index in [4.69, 9.17) is 10.2 Å². The summed E-state index contributed by atoms with van der Waals surface area (Å²) in [5, 5.41) is 17.0. The predicted molar refractivity (Wildman–Crippen MR) is 45.2 cm³/mol. The predicted octanol–water partition coefficient (Wildman–Crippen LogP) is 1.28. The third kappa shape index (κ3) is 1.62. The van der Waals surface area contributed by atoms with Crippen molar-refractivity contribution in [1.29, 1.82) is 0 Å². The maximum absolute atomic E-state index is 12.7. The van der Waals surface area contributed by atoms with Crippen LogP contribution in [0.4, 0.5) is 4.39 Å². The number of allylic oxidation sites excluding steroid dienone is 1. The van der Waals surface area contributed by atoms with E-state index in [9.17, 15) is 14.0 Å². The van der Waals surface area contributed by atoms with Crippen molar-refractivity contribution in [3.8, 4) is 0 Å². The van der Waals surface area contributed by atoms with Crippen molar-refractivity contribution >= 4 is 11.9 Å². The quantitative estimate of drug-likeness (QED) is 0.676. The molecule has 0 heterocycles. The first-order chi connectivity index (χ1) is 6.28. The van der Waals surface area contributed by atoms with Crippen molar-refractivity contribution in [3.63, 3.8) is 0 Å². The van der Waals surface area contributed by atoms with Gasteiger partial charge in [-0.05, 0) is 17.4 Å². The van der Waals surface area contributed by atoms with Gasteiger partial charge in [-0.3, -0.25) is 4.79 Å². The van der Waals surface area contributed by atoms with Crippen LogP contribution in [-0.2, 0) is 9.59 Å². The van der Waals surface area contributed by atoms with E-state index in [1.54, 1.807) is 13.8 Å². The van der Waals surface area contributed by atoms with E-state index in [1.165, 1.54) is 0 Å². The summed E-state index contributed by atoms with van der Waals surface area (Å²) in [4.78, 5) is 20.8. The van der Waals surface area contributed by atoms with E-state index in [0.717, 1.165) is 6.08 Å². The molecule has 1 saturated carbocycles. The van der Waals surface area contributed by atoms with E-state index in [-0.39, 0.29) is 0 Å². The summed E-state index contributed by atoms with van der Waals surface area (Å²) < 4.78 is 12.7. The molecule has 0 aromatic carbocycles. The Kier molecular flexibility index (Phi) is 2.35. The molecule has 0 aromatic heterocycles. The van der Waals surface area contributed by atoms with Gasteiger partial charge in [-0.1, -0.05) is 13.8 Å². The van der Waals surface area contributed by atoms with Crippen LogP contribution in [0.3, 0.4) is 0 Å². The maximum Gasteiger partial charge on any atom is 0.364 e. The first kappa shape index (κ1) is 10.7. The minimum Gasteiger partial charge on any atom is -0.481 e. The van der Waals surface area contributed by atoms with Gasteiger partial charge in [0.2, 0.25) is 5.83 Å². The molecule has 2 atom stereocenters. The average Bonchev–Trinajstić information content (AvgIpc) is 2.52. The monoisotopic (exact) mass is 202 g/mol. The van der Waals surface area contributed by atoms with Gasteiger partial charge in [0.25, 0.3) is 0 Å². The molecule has 0 unspecified atom stereocenters. The van der Waals surface area contributed by atoms with Crippen molar-refractivity contribution in [2.75, 3.05) is 0 Å². The number of rotatable bonds is 3. The number of aliphatic carboxylic acids is 2. The summed E-state index contributed by atoms with van der Waals surface area (Å²) in [5.41, 5.74) is -0.557. The van der Waals surface area contributed by atoms with Crippen LogP contribution in [0.2, 0.25) is 0 Å². The van der Waals surface area contributed by atoms with E-state index in [0.29, 0.717) is 0 Å². The first-order valence-electron chi connectivity index (χ1n) is 4.12. The lowest BCUT2D eigenvalue weighted by Crippen LogP contribution is -2.03. The fraction of sp³-hybridized carbons (Fsp3) is 0.556. The fourth-order valence-electron chi connectivity index (χ4n) is 1.69. The third-order valence-electron chi connectivity index (χ3n) is 2.71. The molecule has 1 aliphatic carbocycles. The zero-order valence-electron chi connectivity index (χ0n) is 7.82. The molecular formula is C9H11FO4. The lowest BCUT2D eigenvalue weighted by molar-refractivity contribution is -0.139. The van der Waals surface area contributed by atoms with E-state index < -0.39 is 35.0 Å². The van der Waals surface area contributed by atoms with E-state index >= 15 is 0 Å². The molecule has 78 valence electrons. The zero-order valence-corrected chi connectivity index (χ0v) is 7.82. The molecule has 0 aromatic rings. The molecule has 1 fully saturated rings. The number of carboxylic acids is 2. The molecule has 5 heteroatoms. The number of carbonyl (C=O) groups is 2. The van der Waals surface area contributed by atoms with Gasteiger partial charge in [-0.25, -0.2) is 4.79 Å². The molecule has 1 aliphatic rings. The highest BCUT2D eigenvalue weighted by Crippen LogP contribution is 2.59. The normalized spacial score (nSPS) is 29.8. The molecule has 2 N–H and O–H groups in total. The van der Waals surface area contributed by atoms with Crippen molar-refractivity contribution in [1.82, 2.24) is 0 Å². The van der Waals surface area contributed by atoms with Gasteiger partial charge in [0.15, 0.2) is 0 Å². The largest absolute Gasteiger partial charge is 0.481 e. The van der Waals surface area contributed by atoms with Crippen LogP contribution in [0.5, 0.6) is 0 Å². The molecule has 0 spiro atoms. The average molecular weight is 202 g/mol. The van der Waals surface area contributed by atoms with Crippen LogP contribution < -0.4 is 0 Å². The third-order valence-corrected chi connectivity index (χ3v) is 2.71. The first-order valence-corrected chi connectivity index (χ1v) is 4.12. The Bertz CT molecular complexity index is 319. The van der Waals surface area contributed by atoms with Crippen LogP contribution in [0.25, 0.3) is 0 Å². The molecule has 4 nitrogen and oxygen atoms in total. The van der Waals surface area contributed by atoms with Gasteiger partial charge >= 0.3 is 11.9 Å². The Morgan fingerprint density at radius 3 is 2.14 bits per heavy atom. The van der Waals surface area contributed by atoms with Crippen LogP contribution in [0.1, 0.15) is 13.8 Å². The van der Waals surface area contributed by atoms with Crippen molar-refractivity contribution < 1.29 is 24.2 Å². The lowest BCUT2D eigenvalue weighted by Gasteiger charge is -1.96. The molecule has 1 rings (SSSR count). The molecule has 14 heavy (non-hydrogen) atoms. The minimum atomic E-state index is -1.66. The van der Waals surface area contributed by atoms with Gasteiger partial charge in [0, 0.05) is 0 Å². The number of carboxylic acid groups (broad SMARTS) is 2. The van der Waals surface area contributed by atoms with Crippen molar-refractivity contribution in [2.45, 2.75) is 13.8 Å². The summed E-state index contributed by atoms with van der Waals surface area (Å²) in [6.45, 7) is 3.34. The van der Waals surface area contributed by atoms with Crippen LogP contribution in [0.15, 0.2) is 11.9 Å². The minimum absolute atomic E-state index is 0.531. The highest BCUT2D eigenvalue weighted by molar-refractivity contribution is 5.84. The second kappa shape index (κ2) is 3.08. The summed E-state index contributed by atoms with van der Waals surface area (Å²) in [6, 6.07) is 0. The lowest BCUT2D eigenvalue weighted by atomic mass is 10.1. The van der Waals surface area contributed by atoms with E-state index in [1.807, 2.05) is 0 Å². The number of halogens is 1. The van der Waals surface area contributed by atoms with Crippen molar-refractivity contribution in [2.24, 2.45) is 17.3 Å². The highest BCUT2D eigenvalue weighted by Gasteiger charge is 2.61. The molecule has 0 radical (unpaired) electrons. The molecular weight excluding hydrogens is 191 g/mol. The van der Waals surface area contributed by atoms with Gasteiger partial charge in [-0.2, -0.15) is 4.39 Å². The summed E-state index contributed by atoms with van der Waals surface area (Å²) in [5.74, 6) is -5.18. The van der Waals surface area contributed by atoms with Crippen molar-refractivity contribution in [3.05, 3.63) is 11.9 Å². The molecule has 0 aliphatic heterocycles. The SMILES string of the molecule is CC1(C)[C@H](C(=O)O)[C@@H]1C=C(F)C(=O)O. The van der Waals surface area contributed by atoms with Gasteiger partial charge in [0.05, 0.1) is 5.92 Å². The standard InChI is InChI=1S/C9H11FO4/c1-9(2)4(6(9)8(13)14)3-5(10)7(11)12/h3-4,6H,1-2H3,(H,11,12)(H,13,14)/t4-,6-/m0/s1. The molecule has 0 amide bonds. The Balaban J connectivity index is 2.80. The maximum atomic E-state index is 12.7. The molecule has 0 bridgehead atoms. The Morgan fingerprint density at radius 1 is 1.36 bits per heavy atom. The zero-order chi connectivity index (χ0) is 11.1. The van der Waals surface area contributed by atoms with Crippen LogP contribution in [-0.4, -0.2) is 22.2 Å². The number of hydrogen-bond donors (Lipinski definition) is 2. The van der Waals surface area contributed by atoms with Crippen LogP contribution >= 0.6 is 0 Å².